The van der Waals surface area contributed by atoms with Crippen LogP contribution in [-0.4, -0.2) is 20.8 Å². The summed E-state index contributed by atoms with van der Waals surface area (Å²) in [6.07, 6.45) is 0. The SMILES string of the molecule is COc1ccc(S(=O)[O-])cc1[N+](=O)[O-].[Na+]. The van der Waals surface area contributed by atoms with Crippen LogP contribution in [0.1, 0.15) is 0 Å². The van der Waals surface area contributed by atoms with E-state index in [1.165, 1.54) is 19.2 Å². The normalized spacial score (nSPS) is 11.3. The number of nitro benzene ring substituents is 1. The van der Waals surface area contributed by atoms with Crippen molar-refractivity contribution >= 4 is 16.8 Å². The van der Waals surface area contributed by atoms with Crippen LogP contribution in [0.25, 0.3) is 0 Å². The van der Waals surface area contributed by atoms with E-state index in [2.05, 4.69) is 0 Å². The summed E-state index contributed by atoms with van der Waals surface area (Å²) < 4.78 is 25.7. The molecular formula is C7H6NNaO5S. The number of nitrogens with zero attached hydrogens (tertiary/aromatic N) is 1. The molecule has 1 aromatic carbocycles. The van der Waals surface area contributed by atoms with Gasteiger partial charge in [-0.2, -0.15) is 0 Å². The average molecular weight is 239 g/mol. The van der Waals surface area contributed by atoms with Gasteiger partial charge in [-0.15, -0.1) is 0 Å². The second-order valence-electron chi connectivity index (χ2n) is 2.33. The van der Waals surface area contributed by atoms with Gasteiger partial charge < -0.3 is 9.29 Å². The number of methoxy groups -OCH3 is 1. The summed E-state index contributed by atoms with van der Waals surface area (Å²) in [7, 11) is 1.27. The number of ether oxygens (including phenoxy) is 1. The van der Waals surface area contributed by atoms with E-state index in [9.17, 15) is 18.9 Å². The number of nitro groups is 1. The zero-order valence-electron chi connectivity index (χ0n) is 8.13. The van der Waals surface area contributed by atoms with Gasteiger partial charge in [0.25, 0.3) is 0 Å². The van der Waals surface area contributed by atoms with Crippen molar-refractivity contribution in [1.29, 1.82) is 0 Å². The molecule has 6 nitrogen and oxygen atoms in total. The molecule has 0 saturated heterocycles. The van der Waals surface area contributed by atoms with Crippen molar-refractivity contribution in [3.63, 3.8) is 0 Å². The minimum absolute atomic E-state index is 0. The van der Waals surface area contributed by atoms with Crippen LogP contribution in [0.4, 0.5) is 5.69 Å². The van der Waals surface area contributed by atoms with Gasteiger partial charge >= 0.3 is 35.2 Å². The van der Waals surface area contributed by atoms with Crippen molar-refractivity contribution in [1.82, 2.24) is 0 Å². The minimum Gasteiger partial charge on any atom is -0.768 e. The molecule has 1 rings (SSSR count). The van der Waals surface area contributed by atoms with E-state index < -0.39 is 16.0 Å². The van der Waals surface area contributed by atoms with Gasteiger partial charge in [-0.3, -0.25) is 14.3 Å². The topological polar surface area (TPSA) is 92.5 Å². The average Bonchev–Trinajstić information content (AvgIpc) is 2.16. The van der Waals surface area contributed by atoms with Crippen molar-refractivity contribution in [3.05, 3.63) is 28.3 Å². The molecule has 0 aliphatic heterocycles. The number of hydrogen-bond acceptors (Lipinski definition) is 5. The first-order valence-electron chi connectivity index (χ1n) is 3.48. The van der Waals surface area contributed by atoms with Crippen LogP contribution in [0.15, 0.2) is 23.1 Å². The number of rotatable bonds is 3. The van der Waals surface area contributed by atoms with Crippen molar-refractivity contribution < 1.29 is 48.0 Å². The summed E-state index contributed by atoms with van der Waals surface area (Å²) in [5.41, 5.74) is -0.366. The van der Waals surface area contributed by atoms with E-state index in [0.717, 1.165) is 6.07 Å². The summed E-state index contributed by atoms with van der Waals surface area (Å²) in [6, 6.07) is 3.42. The van der Waals surface area contributed by atoms with Crippen LogP contribution < -0.4 is 34.3 Å². The van der Waals surface area contributed by atoms with E-state index in [4.69, 9.17) is 4.74 Å². The van der Waals surface area contributed by atoms with Crippen molar-refractivity contribution in [2.45, 2.75) is 4.90 Å². The molecule has 0 spiro atoms. The molecule has 0 aliphatic rings. The zero-order chi connectivity index (χ0) is 10.7. The first-order valence-corrected chi connectivity index (χ1v) is 4.55. The molecule has 76 valence electrons. The van der Waals surface area contributed by atoms with Crippen molar-refractivity contribution in [3.8, 4) is 5.75 Å². The monoisotopic (exact) mass is 239 g/mol. The summed E-state index contributed by atoms with van der Waals surface area (Å²) >= 11 is -2.48. The predicted octanol–water partition coefficient (Wildman–Crippen LogP) is -2.15. The third kappa shape index (κ3) is 3.54. The molecule has 0 N–H and O–H groups in total. The third-order valence-electron chi connectivity index (χ3n) is 1.54. The maximum absolute atomic E-state index is 10.5. The molecule has 8 heteroatoms. The fourth-order valence-electron chi connectivity index (χ4n) is 0.916. The van der Waals surface area contributed by atoms with Crippen molar-refractivity contribution in [2.75, 3.05) is 7.11 Å². The van der Waals surface area contributed by atoms with Gasteiger partial charge in [-0.25, -0.2) is 0 Å². The Labute approximate surface area is 110 Å². The van der Waals surface area contributed by atoms with Gasteiger partial charge in [0.1, 0.15) is 0 Å². The second kappa shape index (κ2) is 6.19. The summed E-state index contributed by atoms with van der Waals surface area (Å²) in [6.45, 7) is 0. The van der Waals surface area contributed by atoms with Gasteiger partial charge in [0.2, 0.25) is 0 Å². The van der Waals surface area contributed by atoms with Crippen molar-refractivity contribution in [2.24, 2.45) is 0 Å². The first-order chi connectivity index (χ1) is 6.56. The molecule has 0 heterocycles. The van der Waals surface area contributed by atoms with Crippen LogP contribution in [0.2, 0.25) is 0 Å². The number of hydrogen-bond donors (Lipinski definition) is 0. The van der Waals surface area contributed by atoms with Gasteiger partial charge in [-0.05, 0) is 23.2 Å². The molecular weight excluding hydrogens is 233 g/mol. The van der Waals surface area contributed by atoms with E-state index >= 15 is 0 Å². The molecule has 15 heavy (non-hydrogen) atoms. The van der Waals surface area contributed by atoms with Gasteiger partial charge in [0.15, 0.2) is 5.75 Å². The number of benzene rings is 1. The fraction of sp³-hybridized carbons (Fsp3) is 0.143. The largest absolute Gasteiger partial charge is 1.00 e. The molecule has 0 aromatic heterocycles. The van der Waals surface area contributed by atoms with Crippen LogP contribution in [-0.2, 0) is 11.1 Å². The van der Waals surface area contributed by atoms with Gasteiger partial charge in [-0.1, -0.05) is 0 Å². The van der Waals surface area contributed by atoms with E-state index in [1.54, 1.807) is 0 Å². The Morgan fingerprint density at radius 3 is 2.47 bits per heavy atom. The van der Waals surface area contributed by atoms with E-state index in [-0.39, 0.29) is 45.9 Å². The Bertz CT molecular complexity index is 397. The Morgan fingerprint density at radius 1 is 1.47 bits per heavy atom. The Hall–Kier alpha value is -0.470. The first kappa shape index (κ1) is 14.5. The molecule has 1 unspecified atom stereocenters. The maximum Gasteiger partial charge on any atom is 1.00 e. The fourth-order valence-corrected chi connectivity index (χ4v) is 1.30. The van der Waals surface area contributed by atoms with Crippen LogP contribution >= 0.6 is 0 Å². The van der Waals surface area contributed by atoms with Crippen LogP contribution in [0.5, 0.6) is 5.75 Å². The minimum atomic E-state index is -2.48. The van der Waals surface area contributed by atoms with Crippen LogP contribution in [0.3, 0.4) is 0 Å². The molecule has 0 amide bonds. The molecule has 0 radical (unpaired) electrons. The molecule has 1 atom stereocenters. The molecule has 0 aliphatic carbocycles. The smallest absolute Gasteiger partial charge is 0.768 e. The molecule has 0 fully saturated rings. The van der Waals surface area contributed by atoms with Gasteiger partial charge in [0.05, 0.1) is 12.0 Å². The summed E-state index contributed by atoms with van der Waals surface area (Å²) in [5, 5.41) is 10.5. The van der Waals surface area contributed by atoms with E-state index in [0.29, 0.717) is 0 Å². The predicted molar refractivity (Wildman–Crippen MR) is 46.8 cm³/mol. The summed E-state index contributed by atoms with van der Waals surface area (Å²) in [5.74, 6) is 0.0317. The Morgan fingerprint density at radius 2 is 2.07 bits per heavy atom. The van der Waals surface area contributed by atoms with Gasteiger partial charge in [0, 0.05) is 11.0 Å². The van der Waals surface area contributed by atoms with E-state index in [1.807, 2.05) is 0 Å². The third-order valence-corrected chi connectivity index (χ3v) is 2.18. The summed E-state index contributed by atoms with van der Waals surface area (Å²) in [4.78, 5) is 9.64. The molecule has 0 saturated carbocycles. The quantitative estimate of drug-likeness (QED) is 0.259. The molecule has 0 bridgehead atoms. The maximum atomic E-state index is 10.5. The molecule has 1 aromatic rings. The Balaban J connectivity index is 0.00000196. The van der Waals surface area contributed by atoms with Crippen LogP contribution in [0, 0.1) is 10.1 Å². The standard InChI is InChI=1S/C7H7NO5S.Na/c1-13-7-3-2-5(14(11)12)4-6(7)8(9)10;/h2-4H,1H3,(H,11,12);/q;+1/p-1. The zero-order valence-corrected chi connectivity index (χ0v) is 10.9. The second-order valence-corrected chi connectivity index (χ2v) is 3.27. The Kier molecular flexibility index (Phi) is 5.99.